The monoisotopic (exact) mass is 399 g/mol. The lowest BCUT2D eigenvalue weighted by molar-refractivity contribution is -0.117. The maximum Gasteiger partial charge on any atom is 0.232 e. The number of hydrogen-bond acceptors (Lipinski definition) is 6. The van der Waals surface area contributed by atoms with Gasteiger partial charge in [0.25, 0.3) is 0 Å². The lowest BCUT2D eigenvalue weighted by atomic mass is 10.1. The van der Waals surface area contributed by atoms with Gasteiger partial charge in [-0.3, -0.25) is 4.79 Å². The number of aromatic nitrogens is 2. The standard InChI is InChI=1S/C20H18ClN3O4/c1-26-16-8-4-7-15(18(16)27-2)19-22-20(28-23-19)12-9-17(25)24(11-12)14-6-3-5-13(21)10-14/h3-8,10,12H,9,11H2,1-2H3. The highest BCUT2D eigenvalue weighted by Gasteiger charge is 2.35. The van der Waals surface area contributed by atoms with Crippen molar-refractivity contribution < 1.29 is 18.8 Å². The first-order valence-electron chi connectivity index (χ1n) is 8.71. The summed E-state index contributed by atoms with van der Waals surface area (Å²) in [5, 5.41) is 4.66. The molecule has 4 rings (SSSR count). The molecule has 0 saturated carbocycles. The Bertz CT molecular complexity index is 1020. The summed E-state index contributed by atoms with van der Waals surface area (Å²) in [6, 6.07) is 12.7. The van der Waals surface area contributed by atoms with Gasteiger partial charge in [-0.05, 0) is 30.3 Å². The number of rotatable bonds is 5. The Hall–Kier alpha value is -3.06. The molecule has 1 aliphatic rings. The Balaban J connectivity index is 1.60. The Labute approximate surface area is 166 Å². The molecule has 0 aliphatic carbocycles. The van der Waals surface area contributed by atoms with Crippen LogP contribution in [0.1, 0.15) is 18.2 Å². The smallest absolute Gasteiger partial charge is 0.232 e. The number of amides is 1. The van der Waals surface area contributed by atoms with Gasteiger partial charge in [0.1, 0.15) is 0 Å². The van der Waals surface area contributed by atoms with E-state index in [2.05, 4.69) is 10.1 Å². The summed E-state index contributed by atoms with van der Waals surface area (Å²) in [4.78, 5) is 18.7. The van der Waals surface area contributed by atoms with Gasteiger partial charge in [-0.25, -0.2) is 0 Å². The molecule has 1 saturated heterocycles. The van der Waals surface area contributed by atoms with Gasteiger partial charge in [-0.15, -0.1) is 0 Å². The number of para-hydroxylation sites is 1. The molecular weight excluding hydrogens is 382 g/mol. The highest BCUT2D eigenvalue weighted by Crippen LogP contribution is 2.38. The topological polar surface area (TPSA) is 77.7 Å². The average molecular weight is 400 g/mol. The van der Waals surface area contributed by atoms with Crippen molar-refractivity contribution in [3.05, 3.63) is 53.4 Å². The molecule has 1 aromatic heterocycles. The maximum atomic E-state index is 12.5. The molecule has 0 spiro atoms. The third kappa shape index (κ3) is 3.29. The fourth-order valence-electron chi connectivity index (χ4n) is 3.34. The van der Waals surface area contributed by atoms with Gasteiger partial charge in [-0.2, -0.15) is 4.98 Å². The lowest BCUT2D eigenvalue weighted by Crippen LogP contribution is -2.24. The minimum Gasteiger partial charge on any atom is -0.493 e. The zero-order chi connectivity index (χ0) is 19.7. The van der Waals surface area contributed by atoms with E-state index in [-0.39, 0.29) is 11.8 Å². The van der Waals surface area contributed by atoms with E-state index in [0.29, 0.717) is 46.8 Å². The van der Waals surface area contributed by atoms with Crippen molar-refractivity contribution in [1.82, 2.24) is 10.1 Å². The van der Waals surface area contributed by atoms with Crippen LogP contribution in [0.25, 0.3) is 11.4 Å². The van der Waals surface area contributed by atoms with Crippen LogP contribution in [0.5, 0.6) is 11.5 Å². The van der Waals surface area contributed by atoms with Crippen LogP contribution in [0.3, 0.4) is 0 Å². The zero-order valence-corrected chi connectivity index (χ0v) is 16.1. The van der Waals surface area contributed by atoms with Crippen LogP contribution < -0.4 is 14.4 Å². The van der Waals surface area contributed by atoms with E-state index < -0.39 is 0 Å². The fraction of sp³-hybridized carbons (Fsp3) is 0.250. The quantitative estimate of drug-likeness (QED) is 0.647. The van der Waals surface area contributed by atoms with Crippen LogP contribution in [-0.2, 0) is 4.79 Å². The first kappa shape index (κ1) is 18.3. The van der Waals surface area contributed by atoms with Crippen LogP contribution in [0.4, 0.5) is 5.69 Å². The Kier molecular flexibility index (Phi) is 4.92. The highest BCUT2D eigenvalue weighted by atomic mass is 35.5. The number of nitrogens with zero attached hydrogens (tertiary/aromatic N) is 3. The van der Waals surface area contributed by atoms with Crippen molar-refractivity contribution in [3.63, 3.8) is 0 Å². The molecule has 144 valence electrons. The van der Waals surface area contributed by atoms with E-state index in [9.17, 15) is 4.79 Å². The molecule has 7 nitrogen and oxygen atoms in total. The second-order valence-corrected chi connectivity index (χ2v) is 6.82. The van der Waals surface area contributed by atoms with Crippen molar-refractivity contribution in [2.75, 3.05) is 25.7 Å². The SMILES string of the molecule is COc1cccc(-c2noc(C3CC(=O)N(c4cccc(Cl)c4)C3)n2)c1OC. The van der Waals surface area contributed by atoms with Crippen LogP contribution in [0.15, 0.2) is 47.0 Å². The molecule has 28 heavy (non-hydrogen) atoms. The first-order valence-corrected chi connectivity index (χ1v) is 9.09. The number of ether oxygens (including phenoxy) is 2. The minimum absolute atomic E-state index is 0.00835. The van der Waals surface area contributed by atoms with Crippen LogP contribution >= 0.6 is 11.6 Å². The average Bonchev–Trinajstić information content (AvgIpc) is 3.34. The number of carbonyl (C=O) groups excluding carboxylic acids is 1. The summed E-state index contributed by atoms with van der Waals surface area (Å²) in [5.74, 6) is 1.71. The highest BCUT2D eigenvalue weighted by molar-refractivity contribution is 6.30. The van der Waals surface area contributed by atoms with E-state index in [1.807, 2.05) is 24.3 Å². The molecule has 0 N–H and O–H groups in total. The zero-order valence-electron chi connectivity index (χ0n) is 15.4. The minimum atomic E-state index is -0.190. The van der Waals surface area contributed by atoms with E-state index in [1.54, 1.807) is 37.3 Å². The Morgan fingerprint density at radius 3 is 2.75 bits per heavy atom. The van der Waals surface area contributed by atoms with E-state index >= 15 is 0 Å². The molecule has 1 fully saturated rings. The Morgan fingerprint density at radius 2 is 2.00 bits per heavy atom. The van der Waals surface area contributed by atoms with Gasteiger partial charge in [-0.1, -0.05) is 28.9 Å². The van der Waals surface area contributed by atoms with Gasteiger partial charge >= 0.3 is 0 Å². The second-order valence-electron chi connectivity index (χ2n) is 6.38. The van der Waals surface area contributed by atoms with E-state index in [4.69, 9.17) is 25.6 Å². The first-order chi connectivity index (χ1) is 13.6. The molecule has 3 aromatic rings. The number of halogens is 1. The molecule has 2 heterocycles. The number of hydrogen-bond donors (Lipinski definition) is 0. The molecule has 8 heteroatoms. The second kappa shape index (κ2) is 7.52. The summed E-state index contributed by atoms with van der Waals surface area (Å²) < 4.78 is 16.2. The molecular formula is C20H18ClN3O4. The predicted molar refractivity (Wildman–Crippen MR) is 104 cm³/mol. The number of carbonyl (C=O) groups is 1. The molecule has 1 amide bonds. The van der Waals surface area contributed by atoms with Crippen molar-refractivity contribution in [2.24, 2.45) is 0 Å². The van der Waals surface area contributed by atoms with E-state index in [1.165, 1.54) is 0 Å². The molecule has 0 bridgehead atoms. The van der Waals surface area contributed by atoms with Crippen LogP contribution in [0.2, 0.25) is 5.02 Å². The molecule has 1 unspecified atom stereocenters. The van der Waals surface area contributed by atoms with Gasteiger partial charge in [0.05, 0.1) is 25.7 Å². The molecule has 2 aromatic carbocycles. The normalized spacial score (nSPS) is 16.5. The summed E-state index contributed by atoms with van der Waals surface area (Å²) in [5.41, 5.74) is 1.42. The van der Waals surface area contributed by atoms with Gasteiger partial charge < -0.3 is 18.9 Å². The molecule has 1 aliphatic heterocycles. The van der Waals surface area contributed by atoms with Crippen molar-refractivity contribution in [1.29, 1.82) is 0 Å². The number of anilines is 1. The summed E-state index contributed by atoms with van der Waals surface area (Å²) in [6.45, 7) is 0.454. The van der Waals surface area contributed by atoms with Crippen molar-refractivity contribution in [3.8, 4) is 22.9 Å². The molecule has 0 radical (unpaired) electrons. The van der Waals surface area contributed by atoms with Crippen molar-refractivity contribution in [2.45, 2.75) is 12.3 Å². The summed E-state index contributed by atoms with van der Waals surface area (Å²) in [7, 11) is 3.12. The maximum absolute atomic E-state index is 12.5. The number of benzene rings is 2. The Morgan fingerprint density at radius 1 is 1.18 bits per heavy atom. The largest absolute Gasteiger partial charge is 0.493 e. The van der Waals surface area contributed by atoms with Crippen LogP contribution in [0, 0.1) is 0 Å². The van der Waals surface area contributed by atoms with Crippen molar-refractivity contribution >= 4 is 23.2 Å². The van der Waals surface area contributed by atoms with Crippen LogP contribution in [-0.4, -0.2) is 36.8 Å². The lowest BCUT2D eigenvalue weighted by Gasteiger charge is -2.16. The molecule has 1 atom stereocenters. The third-order valence-corrected chi connectivity index (χ3v) is 4.91. The number of methoxy groups -OCH3 is 2. The van der Waals surface area contributed by atoms with Gasteiger partial charge in [0, 0.05) is 23.7 Å². The predicted octanol–water partition coefficient (Wildman–Crippen LogP) is 3.93. The van der Waals surface area contributed by atoms with Gasteiger partial charge in [0.2, 0.25) is 17.6 Å². The fourth-order valence-corrected chi connectivity index (χ4v) is 3.52. The van der Waals surface area contributed by atoms with E-state index in [0.717, 1.165) is 5.69 Å². The third-order valence-electron chi connectivity index (χ3n) is 4.68. The summed E-state index contributed by atoms with van der Waals surface area (Å²) >= 11 is 6.05. The van der Waals surface area contributed by atoms with Gasteiger partial charge in [0.15, 0.2) is 11.5 Å². The summed E-state index contributed by atoms with van der Waals surface area (Å²) in [6.07, 6.45) is 0.295.